The molecule has 1 amide bonds. The van der Waals surface area contributed by atoms with Crippen molar-refractivity contribution in [2.45, 2.75) is 46.2 Å². The largest absolute Gasteiger partial charge is 0.352 e. The van der Waals surface area contributed by atoms with E-state index in [2.05, 4.69) is 5.32 Å². The van der Waals surface area contributed by atoms with Crippen LogP contribution < -0.4 is 5.32 Å². The van der Waals surface area contributed by atoms with Crippen LogP contribution in [0.2, 0.25) is 0 Å². The van der Waals surface area contributed by atoms with Crippen LogP contribution in [0.1, 0.15) is 44.0 Å². The first-order valence-electron chi connectivity index (χ1n) is 6.01. The number of ketones is 1. The Bertz CT molecular complexity index is 394. The quantitative estimate of drug-likeness (QED) is 0.768. The van der Waals surface area contributed by atoms with Gasteiger partial charge in [-0.2, -0.15) is 0 Å². The van der Waals surface area contributed by atoms with Gasteiger partial charge in [0.2, 0.25) is 5.91 Å². The number of amides is 1. The second-order valence-electron chi connectivity index (χ2n) is 4.47. The average Bonchev–Trinajstić information content (AvgIpc) is 2.65. The number of hydrogen-bond donors (Lipinski definition) is 1. The van der Waals surface area contributed by atoms with Gasteiger partial charge in [-0.3, -0.25) is 9.59 Å². The molecule has 0 spiro atoms. The molecule has 0 aliphatic heterocycles. The summed E-state index contributed by atoms with van der Waals surface area (Å²) in [5, 5.41) is 2.81. The molecule has 0 saturated carbocycles. The SMILES string of the molecule is CCCC(=O)c1ccn(CC(=O)NC(C)C)c1. The molecule has 0 aliphatic rings. The van der Waals surface area contributed by atoms with E-state index in [1.165, 1.54) is 0 Å². The molecule has 0 aliphatic carbocycles. The Kier molecular flexibility index (Phi) is 4.94. The van der Waals surface area contributed by atoms with Crippen LogP contribution in [0.4, 0.5) is 0 Å². The summed E-state index contributed by atoms with van der Waals surface area (Å²) in [4.78, 5) is 23.1. The maximum absolute atomic E-state index is 11.6. The lowest BCUT2D eigenvalue weighted by molar-refractivity contribution is -0.122. The normalized spacial score (nSPS) is 10.6. The van der Waals surface area contributed by atoms with E-state index in [1.54, 1.807) is 23.0 Å². The Labute approximate surface area is 102 Å². The number of nitrogens with zero attached hydrogens (tertiary/aromatic N) is 1. The zero-order valence-electron chi connectivity index (χ0n) is 10.7. The molecule has 0 atom stereocenters. The van der Waals surface area contributed by atoms with Crippen LogP contribution in [0, 0.1) is 0 Å². The summed E-state index contributed by atoms with van der Waals surface area (Å²) in [5.41, 5.74) is 0.684. The van der Waals surface area contributed by atoms with Crippen molar-refractivity contribution in [3.05, 3.63) is 24.0 Å². The van der Waals surface area contributed by atoms with E-state index in [9.17, 15) is 9.59 Å². The smallest absolute Gasteiger partial charge is 0.240 e. The number of nitrogens with one attached hydrogen (secondary N) is 1. The molecular weight excluding hydrogens is 216 g/mol. The summed E-state index contributed by atoms with van der Waals surface area (Å²) in [6, 6.07) is 1.90. The van der Waals surface area contributed by atoms with Crippen LogP contribution >= 0.6 is 0 Å². The van der Waals surface area contributed by atoms with Crippen molar-refractivity contribution < 1.29 is 9.59 Å². The number of hydrogen-bond acceptors (Lipinski definition) is 2. The van der Waals surface area contributed by atoms with Crippen LogP contribution in [0.15, 0.2) is 18.5 Å². The van der Waals surface area contributed by atoms with Crippen molar-refractivity contribution in [2.75, 3.05) is 0 Å². The van der Waals surface area contributed by atoms with E-state index >= 15 is 0 Å². The minimum Gasteiger partial charge on any atom is -0.352 e. The van der Waals surface area contributed by atoms with Crippen molar-refractivity contribution in [3.8, 4) is 0 Å². The minimum atomic E-state index is -0.0370. The fraction of sp³-hybridized carbons (Fsp3) is 0.538. The number of rotatable bonds is 6. The third-order valence-electron chi connectivity index (χ3n) is 2.33. The molecule has 1 rings (SSSR count). The number of carbonyl (C=O) groups excluding carboxylic acids is 2. The highest BCUT2D eigenvalue weighted by molar-refractivity contribution is 5.95. The topological polar surface area (TPSA) is 51.1 Å². The van der Waals surface area contributed by atoms with Gasteiger partial charge < -0.3 is 9.88 Å². The average molecular weight is 236 g/mol. The highest BCUT2D eigenvalue weighted by atomic mass is 16.2. The molecule has 4 nitrogen and oxygen atoms in total. The molecule has 0 radical (unpaired) electrons. The number of carbonyl (C=O) groups is 2. The van der Waals surface area contributed by atoms with E-state index in [4.69, 9.17) is 0 Å². The first kappa shape index (κ1) is 13.5. The Balaban J connectivity index is 2.56. The standard InChI is InChI=1S/C13H20N2O2/c1-4-5-12(16)11-6-7-15(8-11)9-13(17)14-10(2)3/h6-8,10H,4-5,9H2,1-3H3,(H,14,17). The van der Waals surface area contributed by atoms with E-state index < -0.39 is 0 Å². The second-order valence-corrected chi connectivity index (χ2v) is 4.47. The van der Waals surface area contributed by atoms with Crippen LogP contribution in [0.25, 0.3) is 0 Å². The van der Waals surface area contributed by atoms with Gasteiger partial charge in [0.1, 0.15) is 6.54 Å². The Morgan fingerprint density at radius 1 is 1.41 bits per heavy atom. The van der Waals surface area contributed by atoms with Gasteiger partial charge in [0, 0.05) is 30.4 Å². The van der Waals surface area contributed by atoms with Crippen LogP contribution in [0.5, 0.6) is 0 Å². The molecule has 0 aromatic carbocycles. The highest BCUT2D eigenvalue weighted by Gasteiger charge is 2.08. The van der Waals surface area contributed by atoms with Gasteiger partial charge in [-0.05, 0) is 26.3 Å². The number of aromatic nitrogens is 1. The van der Waals surface area contributed by atoms with Crippen LogP contribution in [-0.4, -0.2) is 22.3 Å². The lowest BCUT2D eigenvalue weighted by Crippen LogP contribution is -2.32. The van der Waals surface area contributed by atoms with Gasteiger partial charge >= 0.3 is 0 Å². The lowest BCUT2D eigenvalue weighted by Gasteiger charge is -2.08. The molecular formula is C13H20N2O2. The first-order chi connectivity index (χ1) is 8.02. The molecule has 1 heterocycles. The molecule has 0 unspecified atom stereocenters. The Hall–Kier alpha value is -1.58. The molecule has 4 heteroatoms. The van der Waals surface area contributed by atoms with Gasteiger partial charge in [0.15, 0.2) is 5.78 Å². The third kappa shape index (κ3) is 4.43. The van der Waals surface area contributed by atoms with Crippen molar-refractivity contribution in [3.63, 3.8) is 0 Å². The lowest BCUT2D eigenvalue weighted by atomic mass is 10.1. The monoisotopic (exact) mass is 236 g/mol. The number of Topliss-reactive ketones (excluding diaryl/α,β-unsaturated/α-hetero) is 1. The molecule has 0 saturated heterocycles. The van der Waals surface area contributed by atoms with Gasteiger partial charge in [-0.25, -0.2) is 0 Å². The molecule has 94 valence electrons. The zero-order valence-corrected chi connectivity index (χ0v) is 10.7. The molecule has 0 fully saturated rings. The Morgan fingerprint density at radius 3 is 2.71 bits per heavy atom. The molecule has 1 aromatic rings. The van der Waals surface area contributed by atoms with E-state index in [-0.39, 0.29) is 24.3 Å². The molecule has 1 N–H and O–H groups in total. The van der Waals surface area contributed by atoms with Gasteiger partial charge in [-0.1, -0.05) is 6.92 Å². The van der Waals surface area contributed by atoms with E-state index in [0.717, 1.165) is 6.42 Å². The molecule has 1 aromatic heterocycles. The summed E-state index contributed by atoms with van der Waals surface area (Å²) in [6.07, 6.45) is 4.90. The second kappa shape index (κ2) is 6.23. The summed E-state index contributed by atoms with van der Waals surface area (Å²) >= 11 is 0. The van der Waals surface area contributed by atoms with Crippen molar-refractivity contribution in [1.29, 1.82) is 0 Å². The van der Waals surface area contributed by atoms with Crippen molar-refractivity contribution in [1.82, 2.24) is 9.88 Å². The maximum atomic E-state index is 11.6. The van der Waals surface area contributed by atoms with Crippen molar-refractivity contribution >= 4 is 11.7 Å². The Morgan fingerprint density at radius 2 is 2.12 bits per heavy atom. The predicted octanol–water partition coefficient (Wildman–Crippen LogP) is 2.00. The van der Waals surface area contributed by atoms with E-state index in [1.807, 2.05) is 20.8 Å². The van der Waals surface area contributed by atoms with Crippen molar-refractivity contribution in [2.24, 2.45) is 0 Å². The molecule has 0 bridgehead atoms. The van der Waals surface area contributed by atoms with Crippen LogP contribution in [-0.2, 0) is 11.3 Å². The first-order valence-corrected chi connectivity index (χ1v) is 6.01. The summed E-state index contributed by atoms with van der Waals surface area (Å²) < 4.78 is 1.74. The summed E-state index contributed by atoms with van der Waals surface area (Å²) in [5.74, 6) is 0.0978. The zero-order chi connectivity index (χ0) is 12.8. The highest BCUT2D eigenvalue weighted by Crippen LogP contribution is 2.06. The van der Waals surface area contributed by atoms with E-state index in [0.29, 0.717) is 12.0 Å². The van der Waals surface area contributed by atoms with Gasteiger partial charge in [0.05, 0.1) is 0 Å². The minimum absolute atomic E-state index is 0.0370. The molecule has 17 heavy (non-hydrogen) atoms. The maximum Gasteiger partial charge on any atom is 0.240 e. The third-order valence-corrected chi connectivity index (χ3v) is 2.33. The summed E-state index contributed by atoms with van der Waals surface area (Å²) in [7, 11) is 0. The predicted molar refractivity (Wildman–Crippen MR) is 66.9 cm³/mol. The summed E-state index contributed by atoms with van der Waals surface area (Å²) in [6.45, 7) is 6.08. The fourth-order valence-electron chi connectivity index (χ4n) is 1.61. The van der Waals surface area contributed by atoms with Crippen LogP contribution in [0.3, 0.4) is 0 Å². The van der Waals surface area contributed by atoms with Gasteiger partial charge in [0.25, 0.3) is 0 Å². The van der Waals surface area contributed by atoms with Gasteiger partial charge in [-0.15, -0.1) is 0 Å². The fourth-order valence-corrected chi connectivity index (χ4v) is 1.61.